The molecule has 4 aromatic rings. The molecule has 206 valence electrons. The predicted molar refractivity (Wildman–Crippen MR) is 158 cm³/mol. The molecule has 40 heavy (non-hydrogen) atoms. The summed E-state index contributed by atoms with van der Waals surface area (Å²) in [5.41, 5.74) is 15.4. The number of hydrogen-bond donors (Lipinski definition) is 4. The van der Waals surface area contributed by atoms with Crippen molar-refractivity contribution >= 4 is 11.6 Å². The van der Waals surface area contributed by atoms with E-state index in [0.29, 0.717) is 24.4 Å². The first-order valence-electron chi connectivity index (χ1n) is 13.9. The lowest BCUT2D eigenvalue weighted by atomic mass is 9.67. The Morgan fingerprint density at radius 2 is 1.60 bits per heavy atom. The predicted octanol–water partition coefficient (Wildman–Crippen LogP) is 4.36. The van der Waals surface area contributed by atoms with Crippen LogP contribution in [0.3, 0.4) is 0 Å². The smallest absolute Gasteiger partial charge is 0.251 e. The molecule has 0 fully saturated rings. The van der Waals surface area contributed by atoms with Crippen LogP contribution in [0.25, 0.3) is 5.70 Å². The topological polar surface area (TPSA) is 122 Å². The number of tetrazole rings is 1. The van der Waals surface area contributed by atoms with Crippen LogP contribution in [0.1, 0.15) is 81.4 Å². The molecule has 1 aliphatic carbocycles. The zero-order chi connectivity index (χ0) is 28.3. The molecule has 1 unspecified atom stereocenters. The van der Waals surface area contributed by atoms with Gasteiger partial charge >= 0.3 is 0 Å². The lowest BCUT2D eigenvalue weighted by molar-refractivity contribution is 0.0955. The van der Waals surface area contributed by atoms with Crippen LogP contribution in [0.15, 0.2) is 67.2 Å². The summed E-state index contributed by atoms with van der Waals surface area (Å²) in [6, 6.07) is 20.5. The molecule has 1 heterocycles. The van der Waals surface area contributed by atoms with Crippen molar-refractivity contribution < 1.29 is 4.79 Å². The Bertz CT molecular complexity index is 1440. The van der Waals surface area contributed by atoms with Crippen LogP contribution in [-0.2, 0) is 18.3 Å². The maximum Gasteiger partial charge on any atom is 0.251 e. The number of nitrogens with one attached hydrogen (secondary N) is 3. The minimum absolute atomic E-state index is 0.0854. The third-order valence-electron chi connectivity index (χ3n) is 7.89. The highest BCUT2D eigenvalue weighted by molar-refractivity contribution is 5.94. The van der Waals surface area contributed by atoms with Crippen LogP contribution < -0.4 is 16.4 Å². The van der Waals surface area contributed by atoms with E-state index in [1.807, 2.05) is 19.1 Å². The van der Waals surface area contributed by atoms with E-state index in [9.17, 15) is 4.79 Å². The summed E-state index contributed by atoms with van der Waals surface area (Å²) in [6.07, 6.45) is 2.06. The van der Waals surface area contributed by atoms with Crippen LogP contribution in [-0.4, -0.2) is 39.6 Å². The van der Waals surface area contributed by atoms with Crippen LogP contribution in [0.4, 0.5) is 0 Å². The lowest BCUT2D eigenvalue weighted by Gasteiger charge is -2.36. The van der Waals surface area contributed by atoms with E-state index in [4.69, 9.17) is 5.73 Å². The van der Waals surface area contributed by atoms with E-state index in [0.717, 1.165) is 52.9 Å². The number of nitrogens with two attached hydrogens (primary N) is 1. The molecule has 0 aliphatic heterocycles. The fraction of sp³-hybridized carbons (Fsp3) is 0.312. The number of carbonyl (C=O) groups excluding carboxylic acids is 1. The van der Waals surface area contributed by atoms with Crippen LogP contribution in [0, 0.1) is 6.92 Å². The lowest BCUT2D eigenvalue weighted by Crippen LogP contribution is -2.36. The first kappa shape index (κ1) is 27.3. The maximum absolute atomic E-state index is 12.8. The molecule has 1 aliphatic rings. The molecule has 2 atom stereocenters. The number of carbonyl (C=O) groups is 1. The van der Waals surface area contributed by atoms with Crippen molar-refractivity contribution in [3.8, 4) is 0 Å². The van der Waals surface area contributed by atoms with Gasteiger partial charge in [-0.1, -0.05) is 59.8 Å². The second-order valence-corrected chi connectivity index (χ2v) is 10.5. The number of fused-ring (bicyclic) bond motifs is 2. The molecule has 0 radical (unpaired) electrons. The number of hydrogen-bond acceptors (Lipinski definition) is 6. The molecular weight excluding hydrogens is 498 g/mol. The number of aromatic amines is 1. The monoisotopic (exact) mass is 535 g/mol. The van der Waals surface area contributed by atoms with Gasteiger partial charge in [-0.3, -0.25) is 4.79 Å². The Morgan fingerprint density at radius 3 is 2.20 bits per heavy atom. The molecule has 1 amide bonds. The van der Waals surface area contributed by atoms with Crippen LogP contribution in [0.2, 0.25) is 0 Å². The number of aryl methyl sites for hydroxylation is 3. The fourth-order valence-electron chi connectivity index (χ4n) is 5.91. The minimum atomic E-state index is -0.795. The summed E-state index contributed by atoms with van der Waals surface area (Å²) in [7, 11) is 0. The number of rotatable bonds is 9. The molecular formula is C32H37N7O. The zero-order valence-electron chi connectivity index (χ0n) is 23.4. The number of aromatic nitrogens is 4. The first-order valence-corrected chi connectivity index (χ1v) is 13.9. The van der Waals surface area contributed by atoms with Gasteiger partial charge < -0.3 is 16.4 Å². The van der Waals surface area contributed by atoms with Crippen molar-refractivity contribution in [2.24, 2.45) is 5.73 Å². The molecule has 5 N–H and O–H groups in total. The third kappa shape index (κ3) is 5.02. The summed E-state index contributed by atoms with van der Waals surface area (Å²) < 4.78 is 0. The first-order chi connectivity index (χ1) is 19.4. The van der Waals surface area contributed by atoms with Crippen molar-refractivity contribution in [2.45, 2.75) is 51.5 Å². The molecule has 0 saturated carbocycles. The van der Waals surface area contributed by atoms with E-state index in [2.05, 4.69) is 100 Å². The fourth-order valence-corrected chi connectivity index (χ4v) is 5.91. The van der Waals surface area contributed by atoms with Gasteiger partial charge in [-0.2, -0.15) is 5.21 Å². The Kier molecular flexibility index (Phi) is 7.80. The van der Waals surface area contributed by atoms with E-state index >= 15 is 0 Å². The number of H-pyrrole nitrogens is 1. The van der Waals surface area contributed by atoms with Gasteiger partial charge in [0.25, 0.3) is 5.91 Å². The molecule has 0 saturated heterocycles. The SMILES string of the molecule is C=C(NCC)c1ccc2c(c1)CCc1cc(C(=O)NCC)ccc1C2(C[C@@H](N)c1ccc(C)cc1)c1nn[nH]n1. The minimum Gasteiger partial charge on any atom is -0.385 e. The van der Waals surface area contributed by atoms with Crippen LogP contribution >= 0.6 is 0 Å². The van der Waals surface area contributed by atoms with Gasteiger partial charge in [0, 0.05) is 30.4 Å². The third-order valence-corrected chi connectivity index (χ3v) is 7.89. The van der Waals surface area contributed by atoms with Crippen LogP contribution in [0.5, 0.6) is 0 Å². The molecule has 1 aromatic heterocycles. The van der Waals surface area contributed by atoms with Crippen molar-refractivity contribution in [1.82, 2.24) is 31.3 Å². The highest BCUT2D eigenvalue weighted by atomic mass is 16.1. The van der Waals surface area contributed by atoms with Crippen molar-refractivity contribution in [1.29, 1.82) is 0 Å². The van der Waals surface area contributed by atoms with Gasteiger partial charge in [-0.15, -0.1) is 10.2 Å². The Morgan fingerprint density at radius 1 is 0.975 bits per heavy atom. The summed E-state index contributed by atoms with van der Waals surface area (Å²) in [5, 5.41) is 22.1. The van der Waals surface area contributed by atoms with E-state index < -0.39 is 5.41 Å². The largest absolute Gasteiger partial charge is 0.385 e. The number of amides is 1. The molecule has 3 aromatic carbocycles. The summed E-state index contributed by atoms with van der Waals surface area (Å²) in [6.45, 7) is 11.7. The Labute approximate surface area is 235 Å². The molecule has 8 nitrogen and oxygen atoms in total. The summed E-state index contributed by atoms with van der Waals surface area (Å²) in [4.78, 5) is 12.8. The zero-order valence-corrected chi connectivity index (χ0v) is 23.4. The van der Waals surface area contributed by atoms with Gasteiger partial charge in [-0.25, -0.2) is 0 Å². The summed E-state index contributed by atoms with van der Waals surface area (Å²) >= 11 is 0. The highest BCUT2D eigenvalue weighted by Gasteiger charge is 2.46. The molecule has 5 rings (SSSR count). The quantitative estimate of drug-likeness (QED) is 0.253. The average Bonchev–Trinajstić information content (AvgIpc) is 3.47. The van der Waals surface area contributed by atoms with Crippen molar-refractivity contribution in [3.05, 3.63) is 118 Å². The van der Waals surface area contributed by atoms with E-state index in [1.165, 1.54) is 11.1 Å². The molecule has 0 bridgehead atoms. The summed E-state index contributed by atoms with van der Waals surface area (Å²) in [5.74, 6) is 0.473. The Hall–Kier alpha value is -4.30. The highest BCUT2D eigenvalue weighted by Crippen LogP contribution is 2.48. The van der Waals surface area contributed by atoms with Gasteiger partial charge in [0.1, 0.15) is 0 Å². The van der Waals surface area contributed by atoms with Crippen molar-refractivity contribution in [3.63, 3.8) is 0 Å². The van der Waals surface area contributed by atoms with E-state index in [1.54, 1.807) is 0 Å². The second kappa shape index (κ2) is 11.4. The second-order valence-electron chi connectivity index (χ2n) is 10.5. The normalized spacial score (nSPS) is 16.8. The number of nitrogens with zero attached hydrogens (tertiary/aromatic N) is 3. The number of benzene rings is 3. The average molecular weight is 536 g/mol. The molecule has 0 spiro atoms. The van der Waals surface area contributed by atoms with Crippen molar-refractivity contribution in [2.75, 3.05) is 13.1 Å². The van der Waals surface area contributed by atoms with Gasteiger partial charge in [0.05, 0.1) is 5.41 Å². The molecule has 8 heteroatoms. The van der Waals surface area contributed by atoms with Gasteiger partial charge in [0.15, 0.2) is 5.82 Å². The van der Waals surface area contributed by atoms with Gasteiger partial charge in [0.2, 0.25) is 0 Å². The van der Waals surface area contributed by atoms with Gasteiger partial charge in [-0.05, 0) is 91.6 Å². The van der Waals surface area contributed by atoms with E-state index in [-0.39, 0.29) is 11.9 Å². The Balaban J connectivity index is 1.74. The maximum atomic E-state index is 12.8. The standard InChI is InChI=1S/C32H37N7O/c1-5-34-21(4)23-13-15-27-24(17-23)11-12-25-18-26(30(40)35-6-2)14-16-28(25)32(27,31-36-38-39-37-31)19-29(33)22-9-7-20(3)8-10-22/h7-10,13-18,29,34H,4-6,11-12,19,33H2,1-3H3,(H,35,40)(H,36,37,38,39)/t29-,32?/m1/s1.